The van der Waals surface area contributed by atoms with Crippen LogP contribution in [0.3, 0.4) is 0 Å². The molecule has 1 amide bonds. The minimum Gasteiger partial charge on any atom is -0.347 e. The number of aryl methyl sites for hydroxylation is 1. The molecule has 19 heavy (non-hydrogen) atoms. The van der Waals surface area contributed by atoms with Gasteiger partial charge in [0.15, 0.2) is 0 Å². The van der Waals surface area contributed by atoms with Gasteiger partial charge in [0.05, 0.1) is 4.90 Å². The maximum atomic E-state index is 12.1. The molecule has 0 aliphatic rings. The SMILES string of the molecule is CCC(C)(C)NC(=O)c1ccc(S(N)(=O)=O)cc1C. The predicted octanol–water partition coefficient (Wildman–Crippen LogP) is 1.56. The van der Waals surface area contributed by atoms with Crippen LogP contribution >= 0.6 is 0 Å². The number of carbonyl (C=O) groups is 1. The maximum Gasteiger partial charge on any atom is 0.251 e. The third-order valence-electron chi connectivity index (χ3n) is 3.11. The summed E-state index contributed by atoms with van der Waals surface area (Å²) in [5.41, 5.74) is 0.729. The van der Waals surface area contributed by atoms with E-state index in [9.17, 15) is 13.2 Å². The van der Waals surface area contributed by atoms with Crippen LogP contribution in [-0.2, 0) is 10.0 Å². The van der Waals surface area contributed by atoms with E-state index in [0.717, 1.165) is 6.42 Å². The van der Waals surface area contributed by atoms with Gasteiger partial charge in [0, 0.05) is 11.1 Å². The molecule has 0 bridgehead atoms. The van der Waals surface area contributed by atoms with Gasteiger partial charge in [-0.1, -0.05) is 6.92 Å². The summed E-state index contributed by atoms with van der Waals surface area (Å²) in [6, 6.07) is 4.23. The summed E-state index contributed by atoms with van der Waals surface area (Å²) in [6.07, 6.45) is 0.799. The Hall–Kier alpha value is -1.40. The van der Waals surface area contributed by atoms with E-state index in [1.807, 2.05) is 20.8 Å². The molecule has 0 radical (unpaired) electrons. The van der Waals surface area contributed by atoms with Crippen LogP contribution in [0.25, 0.3) is 0 Å². The fourth-order valence-electron chi connectivity index (χ4n) is 1.53. The van der Waals surface area contributed by atoms with Gasteiger partial charge in [-0.2, -0.15) is 0 Å². The van der Waals surface area contributed by atoms with Crippen molar-refractivity contribution in [3.63, 3.8) is 0 Å². The van der Waals surface area contributed by atoms with Crippen LogP contribution in [-0.4, -0.2) is 19.9 Å². The second kappa shape index (κ2) is 5.30. The van der Waals surface area contributed by atoms with E-state index in [0.29, 0.717) is 11.1 Å². The lowest BCUT2D eigenvalue weighted by Gasteiger charge is -2.25. The Labute approximate surface area is 114 Å². The molecular formula is C13H20N2O3S. The molecule has 0 saturated heterocycles. The van der Waals surface area contributed by atoms with Crippen LogP contribution < -0.4 is 10.5 Å². The number of benzene rings is 1. The van der Waals surface area contributed by atoms with E-state index >= 15 is 0 Å². The number of carbonyl (C=O) groups excluding carboxylic acids is 1. The molecule has 0 aliphatic heterocycles. The zero-order valence-corrected chi connectivity index (χ0v) is 12.5. The lowest BCUT2D eigenvalue weighted by molar-refractivity contribution is 0.0910. The van der Waals surface area contributed by atoms with Crippen LogP contribution in [0.5, 0.6) is 0 Å². The highest BCUT2D eigenvalue weighted by Gasteiger charge is 2.20. The van der Waals surface area contributed by atoms with Crippen molar-refractivity contribution in [1.82, 2.24) is 5.32 Å². The quantitative estimate of drug-likeness (QED) is 0.879. The first-order chi connectivity index (χ1) is 8.57. The predicted molar refractivity (Wildman–Crippen MR) is 74.4 cm³/mol. The molecule has 0 atom stereocenters. The molecule has 0 spiro atoms. The normalized spacial score (nSPS) is 12.3. The van der Waals surface area contributed by atoms with Crippen molar-refractivity contribution in [2.75, 3.05) is 0 Å². The standard InChI is InChI=1S/C13H20N2O3S/c1-5-13(3,4)15-12(16)11-7-6-10(8-9(11)2)19(14,17)18/h6-8H,5H2,1-4H3,(H,15,16)(H2,14,17,18). The van der Waals surface area contributed by atoms with Gasteiger partial charge >= 0.3 is 0 Å². The fraction of sp³-hybridized carbons (Fsp3) is 0.462. The van der Waals surface area contributed by atoms with Gasteiger partial charge in [-0.25, -0.2) is 13.6 Å². The number of primary sulfonamides is 1. The number of nitrogens with two attached hydrogens (primary N) is 1. The third-order valence-corrected chi connectivity index (χ3v) is 4.02. The Morgan fingerprint density at radius 3 is 2.37 bits per heavy atom. The molecule has 1 aromatic rings. The summed E-state index contributed by atoms with van der Waals surface area (Å²) in [6.45, 7) is 7.53. The van der Waals surface area contributed by atoms with Crippen LogP contribution in [0.2, 0.25) is 0 Å². The lowest BCUT2D eigenvalue weighted by Crippen LogP contribution is -2.43. The van der Waals surface area contributed by atoms with Crippen molar-refractivity contribution in [1.29, 1.82) is 0 Å². The highest BCUT2D eigenvalue weighted by atomic mass is 32.2. The van der Waals surface area contributed by atoms with Gasteiger partial charge < -0.3 is 5.32 Å². The van der Waals surface area contributed by atoms with Crippen molar-refractivity contribution in [3.8, 4) is 0 Å². The largest absolute Gasteiger partial charge is 0.347 e. The summed E-state index contributed by atoms with van der Waals surface area (Å²) in [4.78, 5) is 12.1. The Balaban J connectivity index is 3.07. The first-order valence-corrected chi connectivity index (χ1v) is 7.57. The van der Waals surface area contributed by atoms with E-state index in [1.165, 1.54) is 18.2 Å². The first kappa shape index (κ1) is 15.7. The molecule has 0 saturated carbocycles. The van der Waals surface area contributed by atoms with Crippen LogP contribution in [0.4, 0.5) is 0 Å². The van der Waals surface area contributed by atoms with E-state index < -0.39 is 10.0 Å². The first-order valence-electron chi connectivity index (χ1n) is 6.03. The minimum atomic E-state index is -3.74. The van der Waals surface area contributed by atoms with Crippen LogP contribution in [0.15, 0.2) is 23.1 Å². The maximum absolute atomic E-state index is 12.1. The zero-order chi connectivity index (χ0) is 14.8. The van der Waals surface area contributed by atoms with Crippen LogP contribution in [0, 0.1) is 6.92 Å². The van der Waals surface area contributed by atoms with Crippen LogP contribution in [0.1, 0.15) is 43.1 Å². The number of rotatable bonds is 4. The summed E-state index contributed by atoms with van der Waals surface area (Å²) in [5.74, 6) is -0.217. The molecule has 1 aromatic carbocycles. The zero-order valence-electron chi connectivity index (χ0n) is 11.6. The average Bonchev–Trinajstić information content (AvgIpc) is 2.26. The second-order valence-electron chi connectivity index (χ2n) is 5.21. The molecule has 0 heterocycles. The minimum absolute atomic E-state index is 0.0105. The molecule has 6 heteroatoms. The molecule has 3 N–H and O–H groups in total. The summed E-state index contributed by atoms with van der Waals surface area (Å²) < 4.78 is 22.4. The van der Waals surface area contributed by atoms with Crippen molar-refractivity contribution in [3.05, 3.63) is 29.3 Å². The summed E-state index contributed by atoms with van der Waals surface area (Å²) in [5, 5.41) is 7.95. The molecule has 0 aliphatic carbocycles. The highest BCUT2D eigenvalue weighted by molar-refractivity contribution is 7.89. The monoisotopic (exact) mass is 284 g/mol. The molecule has 106 valence electrons. The van der Waals surface area contributed by atoms with Gasteiger partial charge in [0.25, 0.3) is 5.91 Å². The fourth-order valence-corrected chi connectivity index (χ4v) is 2.13. The van der Waals surface area contributed by atoms with E-state index in [1.54, 1.807) is 6.92 Å². The lowest BCUT2D eigenvalue weighted by atomic mass is 10.0. The number of sulfonamides is 1. The Morgan fingerprint density at radius 1 is 1.37 bits per heavy atom. The van der Waals surface area contributed by atoms with Crippen molar-refractivity contribution in [2.24, 2.45) is 5.14 Å². The van der Waals surface area contributed by atoms with E-state index in [4.69, 9.17) is 5.14 Å². The second-order valence-corrected chi connectivity index (χ2v) is 6.77. The van der Waals surface area contributed by atoms with Gasteiger partial charge in [0.2, 0.25) is 10.0 Å². The topological polar surface area (TPSA) is 89.3 Å². The third kappa shape index (κ3) is 4.04. The molecule has 0 unspecified atom stereocenters. The van der Waals surface area contributed by atoms with Crippen molar-refractivity contribution in [2.45, 2.75) is 44.6 Å². The molecule has 0 fully saturated rings. The highest BCUT2D eigenvalue weighted by Crippen LogP contribution is 2.16. The number of hydrogen-bond donors (Lipinski definition) is 2. The molecule has 1 rings (SSSR count). The number of hydrogen-bond acceptors (Lipinski definition) is 3. The van der Waals surface area contributed by atoms with Gasteiger partial charge in [0.1, 0.15) is 0 Å². The Kier molecular flexibility index (Phi) is 4.37. The van der Waals surface area contributed by atoms with E-state index in [-0.39, 0.29) is 16.3 Å². The average molecular weight is 284 g/mol. The van der Waals surface area contributed by atoms with Gasteiger partial charge in [-0.05, 0) is 51.0 Å². The van der Waals surface area contributed by atoms with Gasteiger partial charge in [-0.15, -0.1) is 0 Å². The number of nitrogens with one attached hydrogen (secondary N) is 1. The smallest absolute Gasteiger partial charge is 0.251 e. The molecular weight excluding hydrogens is 264 g/mol. The Morgan fingerprint density at radius 2 is 1.95 bits per heavy atom. The molecule has 0 aromatic heterocycles. The Bertz CT molecular complexity index is 592. The van der Waals surface area contributed by atoms with Gasteiger partial charge in [-0.3, -0.25) is 4.79 Å². The number of amides is 1. The van der Waals surface area contributed by atoms with Crippen molar-refractivity contribution >= 4 is 15.9 Å². The van der Waals surface area contributed by atoms with E-state index in [2.05, 4.69) is 5.32 Å². The van der Waals surface area contributed by atoms with Crippen molar-refractivity contribution < 1.29 is 13.2 Å². The molecule has 5 nitrogen and oxygen atoms in total. The summed E-state index contributed by atoms with van der Waals surface area (Å²) >= 11 is 0. The summed E-state index contributed by atoms with van der Waals surface area (Å²) in [7, 11) is -3.74.